The standard InChI is InChI=1S/C8H16O2Si/c1-11(2,3)10-7-8-5-4-6-9-8/h4,6,8H,5,7H2,1-3H3. The van der Waals surface area contributed by atoms with E-state index in [0.29, 0.717) is 0 Å². The topological polar surface area (TPSA) is 18.5 Å². The van der Waals surface area contributed by atoms with Gasteiger partial charge in [-0.3, -0.25) is 0 Å². The van der Waals surface area contributed by atoms with E-state index < -0.39 is 8.32 Å². The smallest absolute Gasteiger partial charge is 0.183 e. The summed E-state index contributed by atoms with van der Waals surface area (Å²) < 4.78 is 11.0. The Morgan fingerprint density at radius 1 is 1.55 bits per heavy atom. The van der Waals surface area contributed by atoms with E-state index >= 15 is 0 Å². The van der Waals surface area contributed by atoms with Crippen molar-refractivity contribution in [2.75, 3.05) is 6.61 Å². The van der Waals surface area contributed by atoms with Crippen molar-refractivity contribution in [3.8, 4) is 0 Å². The first-order valence-electron chi connectivity index (χ1n) is 4.02. The zero-order valence-electron chi connectivity index (χ0n) is 7.46. The SMILES string of the molecule is C[Si](C)(C)OCC1CC=CO1. The summed E-state index contributed by atoms with van der Waals surface area (Å²) in [6.07, 6.45) is 5.09. The first-order chi connectivity index (χ1) is 5.08. The molecule has 0 fully saturated rings. The Morgan fingerprint density at radius 3 is 2.73 bits per heavy atom. The van der Waals surface area contributed by atoms with E-state index in [1.165, 1.54) is 0 Å². The summed E-state index contributed by atoms with van der Waals surface area (Å²) in [5.74, 6) is 0. The molecule has 0 aliphatic carbocycles. The molecule has 2 nitrogen and oxygen atoms in total. The molecule has 0 saturated carbocycles. The van der Waals surface area contributed by atoms with E-state index in [1.807, 2.05) is 6.08 Å². The molecule has 0 radical (unpaired) electrons. The summed E-state index contributed by atoms with van der Waals surface area (Å²) in [5.41, 5.74) is 0. The van der Waals surface area contributed by atoms with Gasteiger partial charge < -0.3 is 9.16 Å². The number of ether oxygens (including phenoxy) is 1. The lowest BCUT2D eigenvalue weighted by molar-refractivity contribution is 0.105. The van der Waals surface area contributed by atoms with Crippen LogP contribution >= 0.6 is 0 Å². The Morgan fingerprint density at radius 2 is 2.27 bits per heavy atom. The normalized spacial score (nSPS) is 23.7. The maximum atomic E-state index is 5.69. The van der Waals surface area contributed by atoms with E-state index in [2.05, 4.69) is 19.6 Å². The van der Waals surface area contributed by atoms with Gasteiger partial charge in [0.15, 0.2) is 8.32 Å². The summed E-state index contributed by atoms with van der Waals surface area (Å²) >= 11 is 0. The van der Waals surface area contributed by atoms with Crippen LogP contribution < -0.4 is 0 Å². The van der Waals surface area contributed by atoms with Gasteiger partial charge in [0, 0.05) is 6.42 Å². The molecule has 0 saturated heterocycles. The van der Waals surface area contributed by atoms with Crippen LogP contribution in [0.25, 0.3) is 0 Å². The van der Waals surface area contributed by atoms with Crippen LogP contribution in [0.5, 0.6) is 0 Å². The van der Waals surface area contributed by atoms with Crippen LogP contribution in [0, 0.1) is 0 Å². The van der Waals surface area contributed by atoms with E-state index in [1.54, 1.807) is 6.26 Å². The van der Waals surface area contributed by atoms with Crippen molar-refractivity contribution in [2.45, 2.75) is 32.2 Å². The van der Waals surface area contributed by atoms with Crippen LogP contribution in [0.3, 0.4) is 0 Å². The van der Waals surface area contributed by atoms with Crippen molar-refractivity contribution in [3.63, 3.8) is 0 Å². The molecule has 1 atom stereocenters. The van der Waals surface area contributed by atoms with E-state index in [0.717, 1.165) is 13.0 Å². The van der Waals surface area contributed by atoms with Gasteiger partial charge in [-0.15, -0.1) is 0 Å². The average molecular weight is 172 g/mol. The van der Waals surface area contributed by atoms with Gasteiger partial charge in [0.2, 0.25) is 0 Å². The van der Waals surface area contributed by atoms with Crippen LogP contribution in [-0.2, 0) is 9.16 Å². The molecular formula is C8H16O2Si. The van der Waals surface area contributed by atoms with E-state index in [4.69, 9.17) is 9.16 Å². The van der Waals surface area contributed by atoms with Crippen LogP contribution in [0.4, 0.5) is 0 Å². The van der Waals surface area contributed by atoms with Crippen molar-refractivity contribution in [1.29, 1.82) is 0 Å². The van der Waals surface area contributed by atoms with Crippen LogP contribution in [0.2, 0.25) is 19.6 Å². The van der Waals surface area contributed by atoms with Gasteiger partial charge in [-0.05, 0) is 25.7 Å². The second kappa shape index (κ2) is 3.41. The first kappa shape index (κ1) is 8.81. The average Bonchev–Trinajstić information content (AvgIpc) is 2.32. The summed E-state index contributed by atoms with van der Waals surface area (Å²) in [7, 11) is -1.33. The van der Waals surface area contributed by atoms with Gasteiger partial charge >= 0.3 is 0 Å². The lowest BCUT2D eigenvalue weighted by Crippen LogP contribution is -2.30. The van der Waals surface area contributed by atoms with E-state index in [9.17, 15) is 0 Å². The molecule has 0 aromatic heterocycles. The van der Waals surface area contributed by atoms with E-state index in [-0.39, 0.29) is 6.10 Å². The molecule has 1 aliphatic heterocycles. The molecule has 0 bridgehead atoms. The second-order valence-corrected chi connectivity index (χ2v) is 8.30. The number of rotatable bonds is 3. The maximum absolute atomic E-state index is 5.69. The molecule has 0 N–H and O–H groups in total. The molecule has 1 unspecified atom stereocenters. The zero-order chi connectivity index (χ0) is 8.32. The monoisotopic (exact) mass is 172 g/mol. The van der Waals surface area contributed by atoms with Crippen molar-refractivity contribution in [2.24, 2.45) is 0 Å². The summed E-state index contributed by atoms with van der Waals surface area (Å²) in [5, 5.41) is 0. The Hall–Kier alpha value is -0.283. The van der Waals surface area contributed by atoms with Crippen LogP contribution in [-0.4, -0.2) is 21.0 Å². The largest absolute Gasteiger partial charge is 0.496 e. The molecule has 0 aromatic carbocycles. The fraction of sp³-hybridized carbons (Fsp3) is 0.750. The highest BCUT2D eigenvalue weighted by Crippen LogP contribution is 2.11. The van der Waals surface area contributed by atoms with Crippen molar-refractivity contribution >= 4 is 8.32 Å². The second-order valence-electron chi connectivity index (χ2n) is 3.79. The van der Waals surface area contributed by atoms with Crippen molar-refractivity contribution < 1.29 is 9.16 Å². The van der Waals surface area contributed by atoms with Gasteiger partial charge in [0.25, 0.3) is 0 Å². The highest BCUT2D eigenvalue weighted by molar-refractivity contribution is 6.69. The van der Waals surface area contributed by atoms with Gasteiger partial charge in [0.1, 0.15) is 6.10 Å². The predicted octanol–water partition coefficient (Wildman–Crippen LogP) is 2.14. The Bertz CT molecular complexity index is 141. The molecule has 3 heteroatoms. The van der Waals surface area contributed by atoms with Crippen LogP contribution in [0.15, 0.2) is 12.3 Å². The number of hydrogen-bond donors (Lipinski definition) is 0. The minimum atomic E-state index is -1.33. The molecule has 0 aromatic rings. The Kier molecular flexibility index (Phi) is 2.73. The highest BCUT2D eigenvalue weighted by atomic mass is 28.4. The van der Waals surface area contributed by atoms with Gasteiger partial charge in [-0.25, -0.2) is 0 Å². The molecule has 0 spiro atoms. The third-order valence-electron chi connectivity index (χ3n) is 1.47. The van der Waals surface area contributed by atoms with Crippen molar-refractivity contribution in [1.82, 2.24) is 0 Å². The highest BCUT2D eigenvalue weighted by Gasteiger charge is 2.18. The fourth-order valence-electron chi connectivity index (χ4n) is 0.880. The lowest BCUT2D eigenvalue weighted by Gasteiger charge is -2.19. The predicted molar refractivity (Wildman–Crippen MR) is 47.9 cm³/mol. The molecule has 1 rings (SSSR count). The zero-order valence-corrected chi connectivity index (χ0v) is 8.46. The minimum absolute atomic E-state index is 0.279. The summed E-state index contributed by atoms with van der Waals surface area (Å²) in [6, 6.07) is 0. The Balaban J connectivity index is 2.13. The molecule has 11 heavy (non-hydrogen) atoms. The first-order valence-corrected chi connectivity index (χ1v) is 7.43. The van der Waals surface area contributed by atoms with Gasteiger partial charge in [-0.1, -0.05) is 0 Å². The third kappa shape index (κ3) is 3.58. The summed E-state index contributed by atoms with van der Waals surface area (Å²) in [4.78, 5) is 0. The molecular weight excluding hydrogens is 156 g/mol. The van der Waals surface area contributed by atoms with Gasteiger partial charge in [0.05, 0.1) is 12.9 Å². The molecule has 1 heterocycles. The summed E-state index contributed by atoms with van der Waals surface area (Å²) in [6.45, 7) is 7.32. The van der Waals surface area contributed by atoms with Crippen LogP contribution in [0.1, 0.15) is 6.42 Å². The molecule has 1 aliphatic rings. The maximum Gasteiger partial charge on any atom is 0.183 e. The minimum Gasteiger partial charge on any atom is -0.496 e. The third-order valence-corrected chi connectivity index (χ3v) is 2.50. The Labute approximate surface area is 69.3 Å². The van der Waals surface area contributed by atoms with Gasteiger partial charge in [-0.2, -0.15) is 0 Å². The fourth-order valence-corrected chi connectivity index (χ4v) is 1.57. The number of hydrogen-bond acceptors (Lipinski definition) is 2. The molecule has 0 amide bonds. The van der Waals surface area contributed by atoms with Crippen molar-refractivity contribution in [3.05, 3.63) is 12.3 Å². The lowest BCUT2D eigenvalue weighted by atomic mass is 10.3. The molecule has 64 valence electrons. The quantitative estimate of drug-likeness (QED) is 0.607.